The zero-order valence-corrected chi connectivity index (χ0v) is 28.0. The molecule has 0 saturated heterocycles. The summed E-state index contributed by atoms with van der Waals surface area (Å²) in [4.78, 5) is 12.2. The summed E-state index contributed by atoms with van der Waals surface area (Å²) in [5.41, 5.74) is 0. The molecule has 2 unspecified atom stereocenters. The number of hydrogen-bond donors (Lipinski definition) is 3. The lowest BCUT2D eigenvalue weighted by Gasteiger charge is -2.19. The van der Waals surface area contributed by atoms with Crippen molar-refractivity contribution in [2.45, 2.75) is 193 Å². The molecule has 0 aromatic carbocycles. The van der Waals surface area contributed by atoms with Crippen molar-refractivity contribution in [1.82, 2.24) is 5.32 Å². The number of nitrogens with one attached hydrogen (secondary N) is 1. The summed E-state index contributed by atoms with van der Waals surface area (Å²) in [7, 11) is 0. The van der Waals surface area contributed by atoms with Crippen molar-refractivity contribution in [2.75, 3.05) is 6.61 Å². The van der Waals surface area contributed by atoms with Gasteiger partial charge in [-0.15, -0.1) is 0 Å². The molecule has 0 radical (unpaired) electrons. The van der Waals surface area contributed by atoms with E-state index < -0.39 is 12.1 Å². The van der Waals surface area contributed by atoms with Gasteiger partial charge in [0.25, 0.3) is 0 Å². The normalized spacial score (nSPS) is 13.5. The Labute approximate surface area is 261 Å². The minimum Gasteiger partial charge on any atom is -0.394 e. The molecule has 0 aromatic heterocycles. The number of amides is 1. The van der Waals surface area contributed by atoms with Crippen LogP contribution in [0.25, 0.3) is 0 Å². The molecule has 0 heterocycles. The van der Waals surface area contributed by atoms with Crippen LogP contribution in [0.3, 0.4) is 0 Å². The first kappa shape index (κ1) is 40.6. The van der Waals surface area contributed by atoms with Crippen LogP contribution in [0.2, 0.25) is 0 Å². The lowest BCUT2D eigenvalue weighted by atomic mass is 10.0. The lowest BCUT2D eigenvalue weighted by molar-refractivity contribution is -0.123. The SMILES string of the molecule is CCCCCCCCCCCCCCC/C=C/CC/C=C/CC/C=C/C(O)C(CO)NC(=O)CCCCCCCCC. The molecule has 2 atom stereocenters. The highest BCUT2D eigenvalue weighted by molar-refractivity contribution is 5.76. The third-order valence-electron chi connectivity index (χ3n) is 8.10. The van der Waals surface area contributed by atoms with Crippen molar-refractivity contribution < 1.29 is 15.0 Å². The van der Waals surface area contributed by atoms with Gasteiger partial charge >= 0.3 is 0 Å². The highest BCUT2D eigenvalue weighted by atomic mass is 16.3. The monoisotopic (exact) mass is 590 g/mol. The average molecular weight is 590 g/mol. The first-order valence-corrected chi connectivity index (χ1v) is 18.2. The van der Waals surface area contributed by atoms with Crippen LogP contribution in [0, 0.1) is 0 Å². The Balaban J connectivity index is 3.63. The largest absolute Gasteiger partial charge is 0.394 e. The summed E-state index contributed by atoms with van der Waals surface area (Å²) in [6.45, 7) is 4.23. The van der Waals surface area contributed by atoms with E-state index in [9.17, 15) is 15.0 Å². The topological polar surface area (TPSA) is 69.6 Å². The quantitative estimate of drug-likeness (QED) is 0.0540. The molecule has 0 bridgehead atoms. The van der Waals surface area contributed by atoms with Crippen molar-refractivity contribution in [3.63, 3.8) is 0 Å². The van der Waals surface area contributed by atoms with Gasteiger partial charge < -0.3 is 15.5 Å². The minimum absolute atomic E-state index is 0.0867. The number of unbranched alkanes of at least 4 members (excludes halogenated alkanes) is 21. The molecule has 0 saturated carbocycles. The summed E-state index contributed by atoms with van der Waals surface area (Å²) in [5, 5.41) is 22.7. The molecule has 4 nitrogen and oxygen atoms in total. The Morgan fingerprint density at radius 2 is 0.929 bits per heavy atom. The lowest BCUT2D eigenvalue weighted by Crippen LogP contribution is -2.45. The number of carbonyl (C=O) groups is 1. The number of carbonyl (C=O) groups excluding carboxylic acids is 1. The van der Waals surface area contributed by atoms with Gasteiger partial charge in [-0.05, 0) is 44.9 Å². The Bertz CT molecular complexity index is 642. The van der Waals surface area contributed by atoms with Crippen molar-refractivity contribution in [1.29, 1.82) is 0 Å². The van der Waals surface area contributed by atoms with Crippen LogP contribution in [0.5, 0.6) is 0 Å². The van der Waals surface area contributed by atoms with E-state index in [0.717, 1.165) is 38.5 Å². The summed E-state index contributed by atoms with van der Waals surface area (Å²) >= 11 is 0. The van der Waals surface area contributed by atoms with Gasteiger partial charge in [-0.2, -0.15) is 0 Å². The molecule has 0 aromatic rings. The van der Waals surface area contributed by atoms with Crippen LogP contribution in [-0.4, -0.2) is 34.9 Å². The van der Waals surface area contributed by atoms with Gasteiger partial charge in [0.1, 0.15) is 0 Å². The number of hydrogen-bond acceptors (Lipinski definition) is 3. The molecule has 0 fully saturated rings. The van der Waals surface area contributed by atoms with E-state index in [1.54, 1.807) is 6.08 Å². The molecule has 4 heteroatoms. The highest BCUT2D eigenvalue weighted by Gasteiger charge is 2.17. The second kappa shape index (κ2) is 34.1. The Morgan fingerprint density at radius 1 is 0.548 bits per heavy atom. The van der Waals surface area contributed by atoms with Crippen LogP contribution in [0.1, 0.15) is 181 Å². The molecule has 0 rings (SSSR count). The standard InChI is InChI=1S/C38H71NO3/c1-3-5-7-9-11-12-13-14-15-16-17-18-19-20-21-22-23-24-25-26-28-29-31-33-37(41)36(35-40)39-38(42)34-32-30-27-10-8-6-4-2/h21-22,25-26,31,33,36-37,40-41H,3-20,23-24,27-30,32,34-35H2,1-2H3,(H,39,42)/b22-21+,26-25+,33-31+. The Kier molecular flexibility index (Phi) is 33.0. The maximum Gasteiger partial charge on any atom is 0.220 e. The molecule has 0 aliphatic carbocycles. The summed E-state index contributed by atoms with van der Waals surface area (Å²) in [6.07, 6.45) is 44.0. The summed E-state index contributed by atoms with van der Waals surface area (Å²) in [6, 6.07) is -0.639. The van der Waals surface area contributed by atoms with E-state index in [1.807, 2.05) is 6.08 Å². The maximum atomic E-state index is 12.2. The summed E-state index contributed by atoms with van der Waals surface area (Å²) in [5.74, 6) is -0.0867. The third-order valence-corrected chi connectivity index (χ3v) is 8.10. The zero-order chi connectivity index (χ0) is 30.8. The van der Waals surface area contributed by atoms with Gasteiger partial charge in [-0.25, -0.2) is 0 Å². The maximum absolute atomic E-state index is 12.2. The first-order chi connectivity index (χ1) is 20.7. The molecule has 42 heavy (non-hydrogen) atoms. The zero-order valence-electron chi connectivity index (χ0n) is 28.0. The molecule has 0 aliphatic heterocycles. The van der Waals surface area contributed by atoms with Crippen molar-refractivity contribution in [2.24, 2.45) is 0 Å². The smallest absolute Gasteiger partial charge is 0.220 e. The van der Waals surface area contributed by atoms with Gasteiger partial charge in [-0.3, -0.25) is 4.79 Å². The fraction of sp³-hybridized carbons (Fsp3) is 0.816. The van der Waals surface area contributed by atoms with Crippen LogP contribution in [0.4, 0.5) is 0 Å². The molecule has 1 amide bonds. The van der Waals surface area contributed by atoms with Gasteiger partial charge in [0, 0.05) is 6.42 Å². The molecule has 0 spiro atoms. The Hall–Kier alpha value is -1.39. The van der Waals surface area contributed by atoms with E-state index in [4.69, 9.17) is 0 Å². The van der Waals surface area contributed by atoms with Crippen molar-refractivity contribution in [3.05, 3.63) is 36.5 Å². The van der Waals surface area contributed by atoms with Crippen molar-refractivity contribution >= 4 is 5.91 Å². The van der Waals surface area contributed by atoms with Crippen LogP contribution < -0.4 is 5.32 Å². The molecular formula is C38H71NO3. The van der Waals surface area contributed by atoms with E-state index in [2.05, 4.69) is 43.5 Å². The van der Waals surface area contributed by atoms with Gasteiger partial charge in [0.05, 0.1) is 18.8 Å². The summed E-state index contributed by atoms with van der Waals surface area (Å²) < 4.78 is 0. The second-order valence-corrected chi connectivity index (χ2v) is 12.3. The van der Waals surface area contributed by atoms with E-state index >= 15 is 0 Å². The highest BCUT2D eigenvalue weighted by Crippen LogP contribution is 2.13. The fourth-order valence-corrected chi connectivity index (χ4v) is 5.27. The average Bonchev–Trinajstić information content (AvgIpc) is 2.99. The van der Waals surface area contributed by atoms with E-state index in [-0.39, 0.29) is 12.5 Å². The molecular weight excluding hydrogens is 518 g/mol. The van der Waals surface area contributed by atoms with Gasteiger partial charge in [0.15, 0.2) is 0 Å². The fourth-order valence-electron chi connectivity index (χ4n) is 5.27. The van der Waals surface area contributed by atoms with Crippen LogP contribution >= 0.6 is 0 Å². The van der Waals surface area contributed by atoms with E-state index in [1.165, 1.54) is 122 Å². The first-order valence-electron chi connectivity index (χ1n) is 18.2. The minimum atomic E-state index is -0.864. The van der Waals surface area contributed by atoms with Crippen molar-refractivity contribution in [3.8, 4) is 0 Å². The predicted molar refractivity (Wildman–Crippen MR) is 184 cm³/mol. The van der Waals surface area contributed by atoms with E-state index in [0.29, 0.717) is 6.42 Å². The molecule has 0 aliphatic rings. The number of rotatable bonds is 32. The second-order valence-electron chi connectivity index (χ2n) is 12.3. The molecule has 3 N–H and O–H groups in total. The van der Waals surface area contributed by atoms with Gasteiger partial charge in [-0.1, -0.05) is 166 Å². The third kappa shape index (κ3) is 30.1. The van der Waals surface area contributed by atoms with Crippen LogP contribution in [0.15, 0.2) is 36.5 Å². The molecule has 246 valence electrons. The number of aliphatic hydroxyl groups is 2. The number of allylic oxidation sites excluding steroid dienone is 5. The predicted octanol–water partition coefficient (Wildman–Crippen LogP) is 10.7. The Morgan fingerprint density at radius 3 is 1.38 bits per heavy atom. The number of aliphatic hydroxyl groups excluding tert-OH is 2. The van der Waals surface area contributed by atoms with Crippen LogP contribution in [-0.2, 0) is 4.79 Å². The van der Waals surface area contributed by atoms with Gasteiger partial charge in [0.2, 0.25) is 5.91 Å².